The molecule has 144 valence electrons. The van der Waals surface area contributed by atoms with Gasteiger partial charge in [0.2, 0.25) is 0 Å². The van der Waals surface area contributed by atoms with E-state index in [1.54, 1.807) is 43.5 Å². The lowest BCUT2D eigenvalue weighted by molar-refractivity contribution is -0.132. The van der Waals surface area contributed by atoms with Gasteiger partial charge in [0.15, 0.2) is 11.5 Å². The molecule has 0 aliphatic carbocycles. The standard InChI is InChI=1S/C21H17BrO6/c1-12(23)27-20-17(22)9-13(10-19(20)26-3)8-15-11-18(28-21(15)24)14-4-6-16(25-2)7-5-14/h4-11H,1-3H3/b15-8+. The molecule has 0 radical (unpaired) electrons. The monoisotopic (exact) mass is 444 g/mol. The first-order chi connectivity index (χ1) is 13.4. The molecule has 1 aliphatic rings. The van der Waals surface area contributed by atoms with E-state index in [1.165, 1.54) is 14.0 Å². The third-order valence-electron chi connectivity index (χ3n) is 3.92. The fourth-order valence-corrected chi connectivity index (χ4v) is 3.17. The van der Waals surface area contributed by atoms with Crippen LogP contribution in [0, 0.1) is 0 Å². The van der Waals surface area contributed by atoms with Gasteiger partial charge in [0.1, 0.15) is 11.5 Å². The second-order valence-corrected chi connectivity index (χ2v) is 6.71. The number of esters is 2. The van der Waals surface area contributed by atoms with Crippen molar-refractivity contribution in [3.8, 4) is 17.2 Å². The minimum Gasteiger partial charge on any atom is -0.497 e. The molecule has 0 saturated carbocycles. The minimum atomic E-state index is -0.462. The zero-order valence-electron chi connectivity index (χ0n) is 15.4. The van der Waals surface area contributed by atoms with Crippen molar-refractivity contribution in [2.75, 3.05) is 14.2 Å². The van der Waals surface area contributed by atoms with Crippen LogP contribution in [0.5, 0.6) is 17.2 Å². The molecule has 0 fully saturated rings. The van der Waals surface area contributed by atoms with Crippen LogP contribution in [-0.4, -0.2) is 26.2 Å². The van der Waals surface area contributed by atoms with Gasteiger partial charge in [-0.05, 0) is 70.0 Å². The summed E-state index contributed by atoms with van der Waals surface area (Å²) < 4.78 is 21.5. The number of ether oxygens (including phenoxy) is 4. The normalized spacial score (nSPS) is 14.5. The van der Waals surface area contributed by atoms with Gasteiger partial charge in [-0.1, -0.05) is 0 Å². The van der Waals surface area contributed by atoms with Crippen molar-refractivity contribution < 1.29 is 28.5 Å². The second kappa shape index (κ2) is 8.31. The van der Waals surface area contributed by atoms with Crippen LogP contribution in [0.3, 0.4) is 0 Å². The first-order valence-electron chi connectivity index (χ1n) is 8.27. The van der Waals surface area contributed by atoms with Gasteiger partial charge >= 0.3 is 11.9 Å². The number of carbonyl (C=O) groups is 2. The molecular formula is C21H17BrO6. The highest BCUT2D eigenvalue weighted by Gasteiger charge is 2.22. The van der Waals surface area contributed by atoms with Crippen LogP contribution in [0.2, 0.25) is 0 Å². The largest absolute Gasteiger partial charge is 0.497 e. The summed E-state index contributed by atoms with van der Waals surface area (Å²) in [6, 6.07) is 10.6. The summed E-state index contributed by atoms with van der Waals surface area (Å²) in [6.45, 7) is 1.31. The fraction of sp³-hybridized carbons (Fsp3) is 0.143. The van der Waals surface area contributed by atoms with E-state index in [9.17, 15) is 9.59 Å². The third-order valence-corrected chi connectivity index (χ3v) is 4.51. The van der Waals surface area contributed by atoms with E-state index in [0.29, 0.717) is 32.9 Å². The van der Waals surface area contributed by atoms with Gasteiger partial charge in [0.25, 0.3) is 0 Å². The Morgan fingerprint density at radius 2 is 1.82 bits per heavy atom. The van der Waals surface area contributed by atoms with E-state index in [2.05, 4.69) is 15.9 Å². The fourth-order valence-electron chi connectivity index (χ4n) is 2.63. The van der Waals surface area contributed by atoms with Gasteiger partial charge in [0, 0.05) is 12.5 Å². The molecule has 0 aromatic heterocycles. The molecule has 28 heavy (non-hydrogen) atoms. The number of carbonyl (C=O) groups excluding carboxylic acids is 2. The molecule has 7 heteroatoms. The molecule has 0 spiro atoms. The van der Waals surface area contributed by atoms with Gasteiger partial charge in [0.05, 0.1) is 24.3 Å². The van der Waals surface area contributed by atoms with Crippen molar-refractivity contribution in [3.63, 3.8) is 0 Å². The van der Waals surface area contributed by atoms with E-state index < -0.39 is 11.9 Å². The Morgan fingerprint density at radius 3 is 2.43 bits per heavy atom. The van der Waals surface area contributed by atoms with Crippen molar-refractivity contribution >= 4 is 39.7 Å². The van der Waals surface area contributed by atoms with Crippen LogP contribution < -0.4 is 14.2 Å². The predicted molar refractivity (Wildman–Crippen MR) is 107 cm³/mol. The van der Waals surface area contributed by atoms with E-state index >= 15 is 0 Å². The Balaban J connectivity index is 1.93. The summed E-state index contributed by atoms with van der Waals surface area (Å²) >= 11 is 3.36. The van der Waals surface area contributed by atoms with Gasteiger partial charge in [-0.15, -0.1) is 0 Å². The van der Waals surface area contributed by atoms with Crippen molar-refractivity contribution in [3.05, 3.63) is 63.6 Å². The Bertz CT molecular complexity index is 989. The van der Waals surface area contributed by atoms with Gasteiger partial charge in [-0.2, -0.15) is 0 Å². The van der Waals surface area contributed by atoms with Crippen LogP contribution in [0.25, 0.3) is 11.8 Å². The summed E-state index contributed by atoms with van der Waals surface area (Å²) in [6.07, 6.45) is 3.34. The average molecular weight is 445 g/mol. The maximum atomic E-state index is 12.3. The number of hydrogen-bond acceptors (Lipinski definition) is 6. The minimum absolute atomic E-state index is 0.278. The molecule has 1 heterocycles. The van der Waals surface area contributed by atoms with Crippen LogP contribution in [0.4, 0.5) is 0 Å². The zero-order valence-corrected chi connectivity index (χ0v) is 17.0. The lowest BCUT2D eigenvalue weighted by Gasteiger charge is -2.11. The second-order valence-electron chi connectivity index (χ2n) is 5.85. The first-order valence-corrected chi connectivity index (χ1v) is 9.06. The van der Waals surface area contributed by atoms with E-state index in [0.717, 1.165) is 5.56 Å². The highest BCUT2D eigenvalue weighted by Crippen LogP contribution is 2.38. The molecule has 0 atom stereocenters. The maximum Gasteiger partial charge on any atom is 0.343 e. The number of cyclic esters (lactones) is 1. The van der Waals surface area contributed by atoms with Crippen molar-refractivity contribution in [1.82, 2.24) is 0 Å². The van der Waals surface area contributed by atoms with E-state index in [-0.39, 0.29) is 5.75 Å². The van der Waals surface area contributed by atoms with Crippen molar-refractivity contribution in [2.45, 2.75) is 6.92 Å². The molecule has 6 nitrogen and oxygen atoms in total. The van der Waals surface area contributed by atoms with Gasteiger partial charge in [-0.3, -0.25) is 4.79 Å². The Kier molecular flexibility index (Phi) is 5.84. The third kappa shape index (κ3) is 4.26. The molecule has 0 saturated heterocycles. The zero-order chi connectivity index (χ0) is 20.3. The number of rotatable bonds is 5. The summed E-state index contributed by atoms with van der Waals surface area (Å²) in [4.78, 5) is 23.5. The summed E-state index contributed by atoms with van der Waals surface area (Å²) in [5.74, 6) is 0.903. The lowest BCUT2D eigenvalue weighted by Crippen LogP contribution is -2.04. The lowest BCUT2D eigenvalue weighted by atomic mass is 10.1. The molecule has 1 aliphatic heterocycles. The van der Waals surface area contributed by atoms with Crippen LogP contribution in [-0.2, 0) is 14.3 Å². The highest BCUT2D eigenvalue weighted by atomic mass is 79.9. The van der Waals surface area contributed by atoms with Gasteiger partial charge in [-0.25, -0.2) is 4.79 Å². The highest BCUT2D eigenvalue weighted by molar-refractivity contribution is 9.10. The van der Waals surface area contributed by atoms with Gasteiger partial charge < -0.3 is 18.9 Å². The van der Waals surface area contributed by atoms with Crippen molar-refractivity contribution in [2.24, 2.45) is 0 Å². The molecule has 0 bridgehead atoms. The smallest absolute Gasteiger partial charge is 0.343 e. The Hall–Kier alpha value is -3.06. The number of methoxy groups -OCH3 is 2. The Morgan fingerprint density at radius 1 is 1.11 bits per heavy atom. The number of benzene rings is 2. The molecular weight excluding hydrogens is 428 g/mol. The summed E-state index contributed by atoms with van der Waals surface area (Å²) in [5, 5.41) is 0. The summed E-state index contributed by atoms with van der Waals surface area (Å²) in [5.41, 5.74) is 1.83. The number of hydrogen-bond donors (Lipinski definition) is 0. The maximum absolute atomic E-state index is 12.3. The molecule has 3 rings (SSSR count). The molecule has 2 aromatic rings. The van der Waals surface area contributed by atoms with Crippen LogP contribution in [0.1, 0.15) is 18.1 Å². The predicted octanol–water partition coefficient (Wildman–Crippen LogP) is 4.37. The van der Waals surface area contributed by atoms with Crippen molar-refractivity contribution in [1.29, 1.82) is 0 Å². The van der Waals surface area contributed by atoms with E-state index in [1.807, 2.05) is 12.1 Å². The SMILES string of the molecule is COc1ccc(C2=C/C(=C\c3cc(Br)c(OC(C)=O)c(OC)c3)C(=O)O2)cc1. The quantitative estimate of drug-likeness (QED) is 0.387. The number of halogens is 1. The summed E-state index contributed by atoms with van der Waals surface area (Å²) in [7, 11) is 3.06. The first kappa shape index (κ1) is 19.7. The molecule has 2 aromatic carbocycles. The van der Waals surface area contributed by atoms with Crippen LogP contribution >= 0.6 is 15.9 Å². The molecule has 0 N–H and O–H groups in total. The Labute approximate surface area is 170 Å². The average Bonchev–Trinajstić information content (AvgIpc) is 3.04. The van der Waals surface area contributed by atoms with E-state index in [4.69, 9.17) is 18.9 Å². The molecule has 0 unspecified atom stereocenters. The molecule has 0 amide bonds. The topological polar surface area (TPSA) is 71.1 Å². The van der Waals surface area contributed by atoms with Crippen LogP contribution in [0.15, 0.2) is 52.5 Å².